The van der Waals surface area contributed by atoms with Crippen LogP contribution in [0.2, 0.25) is 0 Å². The van der Waals surface area contributed by atoms with Gasteiger partial charge in [-0.05, 0) is 93.5 Å². The van der Waals surface area contributed by atoms with E-state index >= 15 is 0 Å². The van der Waals surface area contributed by atoms with Gasteiger partial charge in [-0.3, -0.25) is 9.88 Å². The summed E-state index contributed by atoms with van der Waals surface area (Å²) in [4.78, 5) is 28.1. The number of hydrogen-bond acceptors (Lipinski definition) is 8. The second-order valence-corrected chi connectivity index (χ2v) is 11.2. The maximum Gasteiger partial charge on any atom is 0.326 e. The van der Waals surface area contributed by atoms with Gasteiger partial charge in [-0.2, -0.15) is 0 Å². The van der Waals surface area contributed by atoms with Crippen LogP contribution >= 0.6 is 0 Å². The lowest BCUT2D eigenvalue weighted by molar-refractivity contribution is -0.138. The summed E-state index contributed by atoms with van der Waals surface area (Å²) < 4.78 is 6.03. The van der Waals surface area contributed by atoms with Crippen LogP contribution in [0.25, 0.3) is 11.1 Å². The van der Waals surface area contributed by atoms with Crippen molar-refractivity contribution < 1.29 is 14.6 Å². The fourth-order valence-electron chi connectivity index (χ4n) is 5.42. The number of fused-ring (bicyclic) bond motifs is 1. The van der Waals surface area contributed by atoms with Gasteiger partial charge in [0.1, 0.15) is 30.0 Å². The average Bonchev–Trinajstić information content (AvgIpc) is 3.06. The van der Waals surface area contributed by atoms with E-state index in [4.69, 9.17) is 9.72 Å². The Bertz CT molecular complexity index is 1480. The van der Waals surface area contributed by atoms with Gasteiger partial charge >= 0.3 is 5.97 Å². The minimum absolute atomic E-state index is 0.432. The lowest BCUT2D eigenvalue weighted by Gasteiger charge is -2.25. The van der Waals surface area contributed by atoms with Crippen LogP contribution < -0.4 is 15.4 Å². The minimum Gasteiger partial charge on any atom is -0.490 e. The molecule has 1 aliphatic rings. The van der Waals surface area contributed by atoms with Crippen LogP contribution in [-0.4, -0.2) is 69.8 Å². The summed E-state index contributed by atoms with van der Waals surface area (Å²) in [7, 11) is 0. The van der Waals surface area contributed by atoms with Crippen molar-refractivity contribution in [3.63, 3.8) is 0 Å². The molecule has 230 valence electrons. The predicted molar refractivity (Wildman–Crippen MR) is 174 cm³/mol. The number of benzene rings is 1. The van der Waals surface area contributed by atoms with E-state index in [2.05, 4.69) is 37.6 Å². The standard InChI is InChI=1S/C35H42N6O3/c1-26-32(13-8-19-36-26)44-24-23-41(21-6-5-12-30-16-14-28-11-7-20-37-34(28)39-30)22-18-31(35(42)43)40-33-17-15-29(25-38-33)27-9-3-2-4-10-27/h2-4,8-10,13-17,19,25,31H,5-7,11-12,18,20-24H2,1H3,(H,37,39)(H,38,40)(H,42,43). The van der Waals surface area contributed by atoms with Crippen LogP contribution in [0.1, 0.15) is 42.6 Å². The molecule has 0 bridgehead atoms. The van der Waals surface area contributed by atoms with Gasteiger partial charge in [0.05, 0.1) is 5.69 Å². The molecule has 1 atom stereocenters. The molecule has 0 amide bonds. The van der Waals surface area contributed by atoms with Crippen molar-refractivity contribution in [1.82, 2.24) is 19.9 Å². The number of carbonyl (C=O) groups is 1. The van der Waals surface area contributed by atoms with Crippen molar-refractivity contribution >= 4 is 17.6 Å². The third-order valence-corrected chi connectivity index (χ3v) is 7.96. The zero-order valence-corrected chi connectivity index (χ0v) is 25.4. The number of carboxylic acid groups (broad SMARTS) is 1. The molecule has 1 unspecified atom stereocenters. The quantitative estimate of drug-likeness (QED) is 0.137. The Morgan fingerprint density at radius 1 is 1.00 bits per heavy atom. The van der Waals surface area contributed by atoms with Crippen molar-refractivity contribution in [2.45, 2.75) is 51.5 Å². The second kappa shape index (κ2) is 15.8. The Kier molecular flexibility index (Phi) is 11.1. The highest BCUT2D eigenvalue weighted by Gasteiger charge is 2.20. The highest BCUT2D eigenvalue weighted by atomic mass is 16.5. The van der Waals surface area contributed by atoms with Gasteiger partial charge in [-0.25, -0.2) is 14.8 Å². The van der Waals surface area contributed by atoms with E-state index in [0.29, 0.717) is 31.9 Å². The number of nitrogens with zero attached hydrogens (tertiary/aromatic N) is 4. The lowest BCUT2D eigenvalue weighted by atomic mass is 10.1. The highest BCUT2D eigenvalue weighted by Crippen LogP contribution is 2.21. The number of anilines is 2. The van der Waals surface area contributed by atoms with Gasteiger partial charge in [0.25, 0.3) is 0 Å². The summed E-state index contributed by atoms with van der Waals surface area (Å²) in [6, 6.07) is 21.2. The van der Waals surface area contributed by atoms with E-state index in [9.17, 15) is 9.90 Å². The fraction of sp³-hybridized carbons (Fsp3) is 0.371. The molecule has 0 saturated carbocycles. The summed E-state index contributed by atoms with van der Waals surface area (Å²) in [5, 5.41) is 16.6. The first kappa shape index (κ1) is 30.9. The average molecular weight is 595 g/mol. The Balaban J connectivity index is 1.15. The number of rotatable bonds is 16. The maximum absolute atomic E-state index is 12.2. The van der Waals surface area contributed by atoms with E-state index < -0.39 is 12.0 Å². The summed E-state index contributed by atoms with van der Waals surface area (Å²) >= 11 is 0. The first-order valence-electron chi connectivity index (χ1n) is 15.6. The molecule has 3 aromatic heterocycles. The molecule has 1 aromatic carbocycles. The molecule has 4 aromatic rings. The first-order valence-corrected chi connectivity index (χ1v) is 15.6. The maximum atomic E-state index is 12.2. The van der Waals surface area contributed by atoms with E-state index in [1.807, 2.05) is 61.5 Å². The van der Waals surface area contributed by atoms with Crippen LogP contribution in [0.5, 0.6) is 5.75 Å². The number of hydrogen-bond donors (Lipinski definition) is 3. The lowest BCUT2D eigenvalue weighted by Crippen LogP contribution is -2.37. The third kappa shape index (κ3) is 9.00. The molecular weight excluding hydrogens is 552 g/mol. The summed E-state index contributed by atoms with van der Waals surface area (Å²) in [6.07, 6.45) is 9.10. The number of carboxylic acids is 1. The molecule has 0 aliphatic carbocycles. The number of aryl methyl sites for hydroxylation is 3. The number of nitrogens with one attached hydrogen (secondary N) is 2. The van der Waals surface area contributed by atoms with E-state index in [0.717, 1.165) is 79.3 Å². The Morgan fingerprint density at radius 3 is 2.68 bits per heavy atom. The molecule has 0 saturated heterocycles. The molecule has 4 heterocycles. The number of unbranched alkanes of at least 4 members (excludes halogenated alkanes) is 1. The summed E-state index contributed by atoms with van der Waals surface area (Å²) in [5.41, 5.74) is 5.33. The topological polar surface area (TPSA) is 113 Å². The number of aliphatic carboxylic acids is 1. The molecule has 5 rings (SSSR count). The van der Waals surface area contributed by atoms with E-state index in [1.54, 1.807) is 12.4 Å². The van der Waals surface area contributed by atoms with Gasteiger partial charge < -0.3 is 20.5 Å². The van der Waals surface area contributed by atoms with E-state index in [-0.39, 0.29) is 0 Å². The molecule has 3 N–H and O–H groups in total. The zero-order valence-electron chi connectivity index (χ0n) is 25.4. The summed E-state index contributed by atoms with van der Waals surface area (Å²) in [6.45, 7) is 5.56. The van der Waals surface area contributed by atoms with Crippen molar-refractivity contribution in [3.8, 4) is 16.9 Å². The minimum atomic E-state index is -0.895. The molecule has 0 radical (unpaired) electrons. The third-order valence-electron chi connectivity index (χ3n) is 7.96. The second-order valence-electron chi connectivity index (χ2n) is 11.2. The van der Waals surface area contributed by atoms with E-state index in [1.165, 1.54) is 5.56 Å². The number of pyridine rings is 3. The zero-order chi connectivity index (χ0) is 30.6. The molecule has 1 aliphatic heterocycles. The molecule has 0 fully saturated rings. The molecule has 44 heavy (non-hydrogen) atoms. The number of aromatic nitrogens is 3. The van der Waals surface area contributed by atoms with Crippen molar-refractivity contribution in [2.24, 2.45) is 0 Å². The van der Waals surface area contributed by atoms with Gasteiger partial charge in [0.15, 0.2) is 0 Å². The highest BCUT2D eigenvalue weighted by molar-refractivity contribution is 5.77. The van der Waals surface area contributed by atoms with Crippen molar-refractivity contribution in [1.29, 1.82) is 0 Å². The fourth-order valence-corrected chi connectivity index (χ4v) is 5.42. The monoisotopic (exact) mass is 594 g/mol. The largest absolute Gasteiger partial charge is 0.490 e. The SMILES string of the molecule is Cc1ncccc1OCCN(CCCCc1ccc2c(n1)NCCC2)CCC(Nc1ccc(-c2ccccc2)cn1)C(=O)O. The smallest absolute Gasteiger partial charge is 0.326 e. The van der Waals surface area contributed by atoms with Gasteiger partial charge in [-0.15, -0.1) is 0 Å². The van der Waals surface area contributed by atoms with Crippen LogP contribution in [-0.2, 0) is 17.6 Å². The van der Waals surface area contributed by atoms with Gasteiger partial charge in [-0.1, -0.05) is 36.4 Å². The molecule has 0 spiro atoms. The van der Waals surface area contributed by atoms with Crippen LogP contribution in [0.3, 0.4) is 0 Å². The molecule has 9 nitrogen and oxygen atoms in total. The van der Waals surface area contributed by atoms with Crippen LogP contribution in [0.15, 0.2) is 79.1 Å². The Hall–Kier alpha value is -4.50. The molecule has 9 heteroatoms. The number of ether oxygens (including phenoxy) is 1. The molecular formula is C35H42N6O3. The van der Waals surface area contributed by atoms with Crippen LogP contribution in [0.4, 0.5) is 11.6 Å². The Morgan fingerprint density at radius 2 is 1.89 bits per heavy atom. The van der Waals surface area contributed by atoms with Gasteiger partial charge in [0.2, 0.25) is 0 Å². The van der Waals surface area contributed by atoms with Crippen LogP contribution in [0, 0.1) is 6.92 Å². The normalized spacial score (nSPS) is 13.1. The first-order chi connectivity index (χ1) is 21.5. The predicted octanol–water partition coefficient (Wildman–Crippen LogP) is 5.86. The summed E-state index contributed by atoms with van der Waals surface area (Å²) in [5.74, 6) is 1.46. The van der Waals surface area contributed by atoms with Gasteiger partial charge in [0, 0.05) is 43.3 Å². The van der Waals surface area contributed by atoms with Crippen molar-refractivity contribution in [3.05, 3.63) is 96.1 Å². The van der Waals surface area contributed by atoms with Crippen molar-refractivity contribution in [2.75, 3.05) is 43.4 Å². The Labute approximate surface area is 259 Å².